The summed E-state index contributed by atoms with van der Waals surface area (Å²) < 4.78 is 0. The molecule has 0 aliphatic rings. The van der Waals surface area contributed by atoms with E-state index in [1.165, 1.54) is 0 Å². The van der Waals surface area contributed by atoms with Crippen LogP contribution in [0, 0.1) is 0 Å². The minimum atomic E-state index is -1.82. The van der Waals surface area contributed by atoms with E-state index in [1.807, 2.05) is 0 Å². The van der Waals surface area contributed by atoms with Gasteiger partial charge in [-0.05, 0) is 11.1 Å². The Balaban J connectivity index is -0.000000245. The predicted molar refractivity (Wildman–Crippen MR) is 41.2 cm³/mol. The number of hydrogen-bond acceptors (Lipinski definition) is 6. The third kappa shape index (κ3) is 5.33. The van der Waals surface area contributed by atoms with Gasteiger partial charge < -0.3 is 41.0 Å². The molecule has 0 atom stereocenters. The van der Waals surface area contributed by atoms with Gasteiger partial charge in [-0.15, -0.1) is 0 Å². The van der Waals surface area contributed by atoms with Crippen molar-refractivity contribution >= 4 is 11.9 Å². The molecule has 1 aromatic carbocycles. The van der Waals surface area contributed by atoms with Crippen LogP contribution in [0.4, 0.5) is 0 Å². The summed E-state index contributed by atoms with van der Waals surface area (Å²) in [7, 11) is 0. The molecule has 0 saturated carbocycles. The molecule has 0 bridgehead atoms. The van der Waals surface area contributed by atoms with Crippen LogP contribution in [0.25, 0.3) is 0 Å². The molecule has 0 aliphatic carbocycles. The van der Waals surface area contributed by atoms with Crippen LogP contribution in [0.2, 0.25) is 0 Å². The van der Waals surface area contributed by atoms with Gasteiger partial charge >= 0.3 is 33.0 Å². The molecule has 4 N–H and O–H groups in total. The van der Waals surface area contributed by atoms with Gasteiger partial charge in [0.05, 0.1) is 11.9 Å². The first-order valence-electron chi connectivity index (χ1n) is 3.38. The van der Waals surface area contributed by atoms with Crippen LogP contribution in [0.3, 0.4) is 0 Å². The van der Waals surface area contributed by atoms with Crippen molar-refractivity contribution in [2.75, 3.05) is 0 Å². The van der Waals surface area contributed by atoms with E-state index in [2.05, 4.69) is 0 Å². The van der Waals surface area contributed by atoms with Gasteiger partial charge in [0, 0.05) is 0 Å². The summed E-state index contributed by atoms with van der Waals surface area (Å²) in [5, 5.41) is 42.3. The Hall–Kier alpha value is -1.33. The van der Waals surface area contributed by atoms with Gasteiger partial charge in [0.15, 0.2) is 0 Å². The fraction of sp³-hybridized carbons (Fsp3) is 0. The molecule has 0 radical (unpaired) electrons. The topological polar surface area (TPSA) is 189 Å². The number of carbonyl (C=O) groups excluding carboxylic acids is 2. The van der Waals surface area contributed by atoms with Gasteiger partial charge in [-0.1, -0.05) is 23.6 Å². The average molecular weight is 348 g/mol. The van der Waals surface area contributed by atoms with Crippen LogP contribution in [-0.2, 0) is 33.0 Å². The summed E-state index contributed by atoms with van der Waals surface area (Å²) in [5.41, 5.74) is -1.72. The van der Waals surface area contributed by atoms with E-state index in [0.717, 1.165) is 0 Å². The average Bonchev–Trinajstić information content (AvgIpc) is 2.07. The number of carboxylic acid groups (broad SMARTS) is 2. The van der Waals surface area contributed by atoms with E-state index in [1.54, 1.807) is 0 Å². The van der Waals surface area contributed by atoms with Crippen molar-refractivity contribution in [1.82, 2.24) is 0 Å². The predicted octanol–water partition coefficient (Wildman–Crippen LogP) is -5.09. The monoisotopic (exact) mass is 346 g/mol. The maximum Gasteiger partial charge on any atom is 2.00 e. The number of carboxylic acids is 2. The van der Waals surface area contributed by atoms with Crippen molar-refractivity contribution in [3.05, 3.63) is 23.3 Å². The third-order valence-electron chi connectivity index (χ3n) is 1.52. The summed E-state index contributed by atoms with van der Waals surface area (Å²) in [6.45, 7) is 0. The largest absolute Gasteiger partial charge is 2.00 e. The maximum atomic E-state index is 10.9. The van der Waals surface area contributed by atoms with E-state index >= 15 is 0 Å². The zero-order valence-corrected chi connectivity index (χ0v) is 10.2. The molecule has 1 rings (SSSR count). The fourth-order valence-corrected chi connectivity index (χ4v) is 0.879. The molecular formula is C8H6Ni2O8. The van der Waals surface area contributed by atoms with Crippen LogP contribution in [0.5, 0.6) is 11.5 Å². The molecule has 0 spiro atoms. The Bertz CT molecular complexity index is 380. The molecule has 0 aliphatic heterocycles. The first-order chi connectivity index (χ1) is 6.43. The minimum absolute atomic E-state index is 0. The van der Waals surface area contributed by atoms with Crippen molar-refractivity contribution < 1.29 is 74.0 Å². The number of benzene rings is 1. The normalized spacial score (nSPS) is 7.56. The zero-order valence-electron chi connectivity index (χ0n) is 8.24. The molecule has 8 nitrogen and oxygen atoms in total. The van der Waals surface area contributed by atoms with Gasteiger partial charge in [0.25, 0.3) is 0 Å². The van der Waals surface area contributed by atoms with Crippen LogP contribution in [0.15, 0.2) is 12.1 Å². The van der Waals surface area contributed by atoms with Crippen LogP contribution < -0.4 is 20.4 Å². The quantitative estimate of drug-likeness (QED) is 0.480. The van der Waals surface area contributed by atoms with Crippen LogP contribution >= 0.6 is 0 Å². The fourth-order valence-electron chi connectivity index (χ4n) is 0.879. The zero-order chi connectivity index (χ0) is 10.9. The molecule has 106 valence electrons. The second kappa shape index (κ2) is 9.67. The van der Waals surface area contributed by atoms with Crippen molar-refractivity contribution in [3.8, 4) is 11.5 Å². The van der Waals surface area contributed by atoms with E-state index in [9.17, 15) is 30.0 Å². The molecule has 1 aromatic rings. The Morgan fingerprint density at radius 3 is 1.17 bits per heavy atom. The van der Waals surface area contributed by atoms with Crippen molar-refractivity contribution in [1.29, 1.82) is 0 Å². The van der Waals surface area contributed by atoms with E-state index in [-0.39, 0.29) is 43.9 Å². The van der Waals surface area contributed by atoms with Crippen LogP contribution in [0.1, 0.15) is 20.7 Å². The van der Waals surface area contributed by atoms with Crippen LogP contribution in [-0.4, -0.2) is 22.9 Å². The number of carbonyl (C=O) groups is 2. The van der Waals surface area contributed by atoms with Crippen molar-refractivity contribution in [2.24, 2.45) is 0 Å². The molecule has 18 heavy (non-hydrogen) atoms. The van der Waals surface area contributed by atoms with Gasteiger partial charge in [0.1, 0.15) is 0 Å². The summed E-state index contributed by atoms with van der Waals surface area (Å²) in [6, 6.07) is 0.811. The molecular weight excluding hydrogens is 341 g/mol. The first kappa shape index (κ1) is 25.5. The van der Waals surface area contributed by atoms with Crippen molar-refractivity contribution in [3.63, 3.8) is 0 Å². The van der Waals surface area contributed by atoms with Gasteiger partial charge in [-0.3, -0.25) is 0 Å². The number of hydrogen-bond donors (Lipinski definition) is 0. The Morgan fingerprint density at radius 1 is 0.778 bits per heavy atom. The molecule has 0 unspecified atom stereocenters. The van der Waals surface area contributed by atoms with E-state index in [4.69, 9.17) is 0 Å². The minimum Gasteiger partial charge on any atom is -0.872 e. The summed E-state index contributed by atoms with van der Waals surface area (Å²) in [4.78, 5) is 20.5. The molecule has 0 amide bonds. The Kier molecular flexibility index (Phi) is 13.7. The Labute approximate surface area is 121 Å². The van der Waals surface area contributed by atoms with Crippen molar-refractivity contribution in [2.45, 2.75) is 0 Å². The van der Waals surface area contributed by atoms with Gasteiger partial charge in [-0.2, -0.15) is 0 Å². The summed E-state index contributed by atoms with van der Waals surface area (Å²) in [6.07, 6.45) is 0. The smallest absolute Gasteiger partial charge is 0.872 e. The second-order valence-corrected chi connectivity index (χ2v) is 2.42. The molecule has 0 aromatic heterocycles. The molecule has 0 heterocycles. The molecule has 10 heteroatoms. The summed E-state index contributed by atoms with van der Waals surface area (Å²) in [5.74, 6) is -5.83. The number of rotatable bonds is 2. The number of aromatic carboxylic acids is 2. The standard InChI is InChI=1S/C8H6O6.2Ni.2H2O/c9-5-1-3(7(11)12)6(10)2-4(5)8(13)14;;;;/h1-2,9-10H,(H,11,12)(H,13,14);;;2*1H2/q;2*+2;;/p-4. The first-order valence-corrected chi connectivity index (χ1v) is 3.38. The van der Waals surface area contributed by atoms with E-state index in [0.29, 0.717) is 12.1 Å². The van der Waals surface area contributed by atoms with Gasteiger partial charge in [-0.25, -0.2) is 0 Å². The third-order valence-corrected chi connectivity index (χ3v) is 1.52. The second-order valence-electron chi connectivity index (χ2n) is 2.42. The SMILES string of the molecule is O.O.O=C([O-])c1cc([O-])c(C(=O)[O-])cc1[O-].[Ni+2].[Ni+2]. The molecule has 0 saturated heterocycles. The van der Waals surface area contributed by atoms with E-state index < -0.39 is 34.6 Å². The van der Waals surface area contributed by atoms with Gasteiger partial charge in [0.2, 0.25) is 0 Å². The maximum absolute atomic E-state index is 10.9. The Morgan fingerprint density at radius 2 is 1.00 bits per heavy atom. The summed E-state index contributed by atoms with van der Waals surface area (Å²) >= 11 is 0. The molecule has 0 fully saturated rings.